The van der Waals surface area contributed by atoms with Gasteiger partial charge >= 0.3 is 0 Å². The van der Waals surface area contributed by atoms with Crippen molar-refractivity contribution in [3.05, 3.63) is 22.4 Å². The molecule has 5 nitrogen and oxygen atoms in total. The highest BCUT2D eigenvalue weighted by Gasteiger charge is 2.23. The van der Waals surface area contributed by atoms with Gasteiger partial charge in [-0.25, -0.2) is 0 Å². The highest BCUT2D eigenvalue weighted by atomic mass is 32.1. The summed E-state index contributed by atoms with van der Waals surface area (Å²) in [6, 6.07) is 5.21. The normalized spacial score (nSPS) is 22.2. The summed E-state index contributed by atoms with van der Waals surface area (Å²) in [5, 5.41) is 8.97. The van der Waals surface area contributed by atoms with E-state index in [4.69, 9.17) is 9.73 Å². The summed E-state index contributed by atoms with van der Waals surface area (Å²) >= 11 is 1.81. The van der Waals surface area contributed by atoms with Crippen LogP contribution in [-0.2, 0) is 4.74 Å². The number of rotatable bonds is 7. The van der Waals surface area contributed by atoms with E-state index in [1.54, 1.807) is 0 Å². The Morgan fingerprint density at radius 1 is 1.46 bits per heavy atom. The lowest BCUT2D eigenvalue weighted by Gasteiger charge is -2.37. The van der Waals surface area contributed by atoms with Gasteiger partial charge in [0.2, 0.25) is 0 Å². The molecule has 2 rings (SSSR count). The summed E-state index contributed by atoms with van der Waals surface area (Å²) in [4.78, 5) is 8.69. The molecule has 0 spiro atoms. The summed E-state index contributed by atoms with van der Waals surface area (Å²) < 4.78 is 5.53. The van der Waals surface area contributed by atoms with E-state index in [1.165, 1.54) is 4.88 Å². The van der Waals surface area contributed by atoms with Crippen LogP contribution in [0.25, 0.3) is 0 Å². The van der Waals surface area contributed by atoms with Crippen molar-refractivity contribution in [2.45, 2.75) is 45.7 Å². The number of nitrogens with zero attached hydrogens (tertiary/aromatic N) is 2. The average Bonchev–Trinajstić information content (AvgIpc) is 3.12. The Kier molecular flexibility index (Phi) is 8.02. The van der Waals surface area contributed by atoms with E-state index in [0.29, 0.717) is 18.0 Å². The van der Waals surface area contributed by atoms with E-state index in [2.05, 4.69) is 60.7 Å². The van der Waals surface area contributed by atoms with Gasteiger partial charge in [-0.1, -0.05) is 13.0 Å². The molecular formula is C18H32N4OS. The third kappa shape index (κ3) is 5.76. The number of guanidine groups is 1. The molecule has 0 aliphatic carbocycles. The Hall–Kier alpha value is -1.11. The van der Waals surface area contributed by atoms with Crippen LogP contribution in [0, 0.1) is 0 Å². The fraction of sp³-hybridized carbons (Fsp3) is 0.722. The van der Waals surface area contributed by atoms with Gasteiger partial charge in [0, 0.05) is 42.5 Å². The summed E-state index contributed by atoms with van der Waals surface area (Å²) in [5.41, 5.74) is 0. The first-order chi connectivity index (χ1) is 11.6. The number of aliphatic imine (C=N–C) groups is 1. The van der Waals surface area contributed by atoms with Crippen molar-refractivity contribution in [1.82, 2.24) is 15.5 Å². The summed E-state index contributed by atoms with van der Waals surface area (Å²) in [5.74, 6) is 1.40. The zero-order valence-electron chi connectivity index (χ0n) is 15.4. The molecule has 0 saturated carbocycles. The van der Waals surface area contributed by atoms with Crippen molar-refractivity contribution in [3.63, 3.8) is 0 Å². The second-order valence-corrected chi connectivity index (χ2v) is 7.51. The molecule has 3 unspecified atom stereocenters. The van der Waals surface area contributed by atoms with Gasteiger partial charge in [0.15, 0.2) is 5.96 Å². The van der Waals surface area contributed by atoms with Crippen molar-refractivity contribution in [2.24, 2.45) is 4.99 Å². The number of hydrogen-bond donors (Lipinski definition) is 2. The maximum absolute atomic E-state index is 5.53. The fourth-order valence-electron chi connectivity index (χ4n) is 2.99. The van der Waals surface area contributed by atoms with Gasteiger partial charge in [-0.15, -0.1) is 11.3 Å². The van der Waals surface area contributed by atoms with Crippen LogP contribution in [0.1, 0.15) is 38.5 Å². The number of hydrogen-bond acceptors (Lipinski definition) is 4. The lowest BCUT2D eigenvalue weighted by Crippen LogP contribution is -2.49. The Morgan fingerprint density at radius 2 is 2.29 bits per heavy atom. The van der Waals surface area contributed by atoms with Crippen molar-refractivity contribution < 1.29 is 4.74 Å². The highest BCUT2D eigenvalue weighted by molar-refractivity contribution is 7.10. The highest BCUT2D eigenvalue weighted by Crippen LogP contribution is 2.19. The second-order valence-electron chi connectivity index (χ2n) is 6.53. The molecule has 1 aliphatic heterocycles. The monoisotopic (exact) mass is 352 g/mol. The van der Waals surface area contributed by atoms with Crippen molar-refractivity contribution in [3.8, 4) is 0 Å². The molecule has 1 aromatic heterocycles. The van der Waals surface area contributed by atoms with Crippen LogP contribution in [0.5, 0.6) is 0 Å². The first kappa shape index (κ1) is 19.2. The molecule has 1 saturated heterocycles. The van der Waals surface area contributed by atoms with Crippen LogP contribution in [0.15, 0.2) is 22.5 Å². The molecule has 6 heteroatoms. The van der Waals surface area contributed by atoms with Crippen molar-refractivity contribution in [2.75, 3.05) is 39.4 Å². The lowest BCUT2D eigenvalue weighted by molar-refractivity contribution is -0.0165. The molecule has 136 valence electrons. The van der Waals surface area contributed by atoms with Crippen LogP contribution in [-0.4, -0.2) is 62.3 Å². The number of morpholine rings is 1. The number of ether oxygens (including phenoxy) is 1. The Labute approximate surface area is 150 Å². The van der Waals surface area contributed by atoms with E-state index >= 15 is 0 Å². The quantitative estimate of drug-likeness (QED) is 0.585. The summed E-state index contributed by atoms with van der Waals surface area (Å²) in [6.45, 7) is 14.1. The summed E-state index contributed by atoms with van der Waals surface area (Å²) in [6.07, 6.45) is 0. The topological polar surface area (TPSA) is 48.9 Å². The number of nitrogens with one attached hydrogen (secondary N) is 2. The zero-order chi connectivity index (χ0) is 17.4. The minimum atomic E-state index is 0.425. The van der Waals surface area contributed by atoms with Crippen molar-refractivity contribution >= 4 is 17.3 Å². The van der Waals surface area contributed by atoms with Gasteiger partial charge in [0.1, 0.15) is 0 Å². The van der Waals surface area contributed by atoms with Crippen LogP contribution < -0.4 is 10.6 Å². The van der Waals surface area contributed by atoms with Gasteiger partial charge in [-0.3, -0.25) is 9.89 Å². The molecule has 2 N–H and O–H groups in total. The van der Waals surface area contributed by atoms with E-state index < -0.39 is 0 Å². The largest absolute Gasteiger partial charge is 0.379 e. The predicted octanol–water partition coefficient (Wildman–Crippen LogP) is 2.52. The minimum Gasteiger partial charge on any atom is -0.379 e. The molecule has 24 heavy (non-hydrogen) atoms. The molecule has 1 fully saturated rings. The number of thiophene rings is 1. The molecule has 0 aromatic carbocycles. The van der Waals surface area contributed by atoms with Crippen LogP contribution in [0.2, 0.25) is 0 Å². The molecule has 2 heterocycles. The molecule has 1 aromatic rings. The van der Waals surface area contributed by atoms with Gasteiger partial charge in [-0.05, 0) is 32.2 Å². The zero-order valence-corrected chi connectivity index (χ0v) is 16.2. The van der Waals surface area contributed by atoms with E-state index in [9.17, 15) is 0 Å². The Bertz CT molecular complexity index is 491. The Morgan fingerprint density at radius 3 is 2.96 bits per heavy atom. The molecule has 0 bridgehead atoms. The fourth-order valence-corrected chi connectivity index (χ4v) is 3.77. The first-order valence-electron chi connectivity index (χ1n) is 9.00. The van der Waals surface area contributed by atoms with E-state index in [1.807, 2.05) is 11.3 Å². The Balaban J connectivity index is 1.85. The summed E-state index contributed by atoms with van der Waals surface area (Å²) in [7, 11) is 0. The van der Waals surface area contributed by atoms with Gasteiger partial charge in [0.25, 0.3) is 0 Å². The lowest BCUT2D eigenvalue weighted by atomic mass is 10.1. The van der Waals surface area contributed by atoms with Gasteiger partial charge in [0.05, 0.1) is 19.8 Å². The molecular weight excluding hydrogens is 320 g/mol. The van der Waals surface area contributed by atoms with E-state index in [-0.39, 0.29) is 0 Å². The predicted molar refractivity (Wildman–Crippen MR) is 103 cm³/mol. The third-order valence-electron chi connectivity index (χ3n) is 4.45. The molecule has 0 amide bonds. The third-order valence-corrected chi connectivity index (χ3v) is 5.55. The molecule has 0 radical (unpaired) electrons. The van der Waals surface area contributed by atoms with Crippen LogP contribution in [0.4, 0.5) is 0 Å². The molecule has 3 atom stereocenters. The van der Waals surface area contributed by atoms with E-state index in [0.717, 1.165) is 45.4 Å². The maximum atomic E-state index is 5.53. The van der Waals surface area contributed by atoms with Crippen molar-refractivity contribution in [1.29, 1.82) is 0 Å². The standard InChI is InChI=1S/C18H32N4OS/c1-5-19-18(20-11-14(2)17-7-6-10-24-17)21-12-15(3)22-8-9-23-13-16(22)4/h6-7,10,14-16H,5,8-9,11-13H2,1-4H3,(H2,19,20,21). The minimum absolute atomic E-state index is 0.425. The molecule has 1 aliphatic rings. The SMILES string of the molecule is CCNC(=NCC(C)N1CCOCC1C)NCC(C)c1cccs1. The maximum Gasteiger partial charge on any atom is 0.191 e. The van der Waals surface area contributed by atoms with Gasteiger partial charge in [-0.2, -0.15) is 0 Å². The van der Waals surface area contributed by atoms with Crippen LogP contribution in [0.3, 0.4) is 0 Å². The van der Waals surface area contributed by atoms with Gasteiger partial charge < -0.3 is 15.4 Å². The first-order valence-corrected chi connectivity index (χ1v) is 9.88. The smallest absolute Gasteiger partial charge is 0.191 e. The average molecular weight is 353 g/mol. The van der Waals surface area contributed by atoms with Crippen LogP contribution >= 0.6 is 11.3 Å². The second kappa shape index (κ2) is 10.0.